The zero-order valence-electron chi connectivity index (χ0n) is 13.2. The Hall–Kier alpha value is -2.35. The van der Waals surface area contributed by atoms with E-state index in [1.54, 1.807) is 7.11 Å². The molecule has 3 rings (SSSR count). The van der Waals surface area contributed by atoms with Gasteiger partial charge in [0, 0.05) is 12.1 Å². The van der Waals surface area contributed by atoms with Crippen molar-refractivity contribution in [2.24, 2.45) is 0 Å². The van der Waals surface area contributed by atoms with E-state index < -0.39 is 0 Å². The van der Waals surface area contributed by atoms with E-state index in [0.717, 1.165) is 28.8 Å². The van der Waals surface area contributed by atoms with Crippen LogP contribution in [0, 0.1) is 6.92 Å². The first-order chi connectivity index (χ1) is 11.2. The van der Waals surface area contributed by atoms with Crippen molar-refractivity contribution < 1.29 is 9.15 Å². The average Bonchev–Trinajstić information content (AvgIpc) is 3.19. The van der Waals surface area contributed by atoms with Gasteiger partial charge in [-0.25, -0.2) is 0 Å². The van der Waals surface area contributed by atoms with Gasteiger partial charge in [0.2, 0.25) is 11.8 Å². The Morgan fingerprint density at radius 2 is 2.09 bits per heavy atom. The van der Waals surface area contributed by atoms with Gasteiger partial charge in [-0.1, -0.05) is 17.8 Å². The van der Waals surface area contributed by atoms with E-state index >= 15 is 0 Å². The van der Waals surface area contributed by atoms with E-state index in [2.05, 4.69) is 27.3 Å². The van der Waals surface area contributed by atoms with Gasteiger partial charge in [-0.05, 0) is 32.0 Å². The minimum atomic E-state index is 0.479. The van der Waals surface area contributed by atoms with Crippen molar-refractivity contribution in [1.29, 1.82) is 0 Å². The molecule has 7 nitrogen and oxygen atoms in total. The second kappa shape index (κ2) is 6.82. The molecule has 0 fully saturated rings. The van der Waals surface area contributed by atoms with Crippen LogP contribution in [0.15, 0.2) is 33.8 Å². The maximum Gasteiger partial charge on any atom is 0.247 e. The molecule has 120 valence electrons. The average molecular weight is 331 g/mol. The summed E-state index contributed by atoms with van der Waals surface area (Å²) in [4.78, 5) is 0. The molecule has 0 saturated carbocycles. The number of aryl methyl sites for hydroxylation is 1. The minimum absolute atomic E-state index is 0.479. The van der Waals surface area contributed by atoms with Gasteiger partial charge in [-0.3, -0.25) is 0 Å². The predicted octanol–water partition coefficient (Wildman–Crippen LogP) is 2.96. The predicted molar refractivity (Wildman–Crippen MR) is 86.3 cm³/mol. The summed E-state index contributed by atoms with van der Waals surface area (Å²) in [5.74, 6) is 3.24. The number of aromatic nitrogens is 5. The summed E-state index contributed by atoms with van der Waals surface area (Å²) in [6.07, 6.45) is 0. The van der Waals surface area contributed by atoms with Crippen LogP contribution in [-0.4, -0.2) is 32.1 Å². The SMILES string of the molecule is CCn1c(C)nnc1SCc1nnc(-c2cccc(OC)c2)o1. The Kier molecular flexibility index (Phi) is 4.61. The fourth-order valence-electron chi connectivity index (χ4n) is 2.14. The second-order valence-corrected chi connectivity index (χ2v) is 5.74. The van der Waals surface area contributed by atoms with Crippen LogP contribution < -0.4 is 4.74 Å². The topological polar surface area (TPSA) is 78.9 Å². The molecule has 2 aromatic heterocycles. The van der Waals surface area contributed by atoms with Gasteiger partial charge < -0.3 is 13.7 Å². The van der Waals surface area contributed by atoms with E-state index in [0.29, 0.717) is 17.5 Å². The van der Waals surface area contributed by atoms with Crippen molar-refractivity contribution in [3.05, 3.63) is 36.0 Å². The molecule has 0 bridgehead atoms. The lowest BCUT2D eigenvalue weighted by Crippen LogP contribution is -1.99. The van der Waals surface area contributed by atoms with E-state index in [-0.39, 0.29) is 0 Å². The van der Waals surface area contributed by atoms with E-state index in [9.17, 15) is 0 Å². The van der Waals surface area contributed by atoms with Crippen molar-refractivity contribution in [2.75, 3.05) is 7.11 Å². The molecule has 0 atom stereocenters. The Labute approximate surface area is 138 Å². The number of methoxy groups -OCH3 is 1. The molecule has 0 unspecified atom stereocenters. The molecule has 0 N–H and O–H groups in total. The monoisotopic (exact) mass is 331 g/mol. The summed E-state index contributed by atoms with van der Waals surface area (Å²) < 4.78 is 13.0. The molecule has 0 spiro atoms. The third-order valence-corrected chi connectivity index (χ3v) is 4.28. The van der Waals surface area contributed by atoms with E-state index in [1.807, 2.05) is 35.8 Å². The van der Waals surface area contributed by atoms with Crippen LogP contribution in [0.3, 0.4) is 0 Å². The zero-order chi connectivity index (χ0) is 16.2. The molecule has 0 aliphatic heterocycles. The normalized spacial score (nSPS) is 10.9. The van der Waals surface area contributed by atoms with Crippen LogP contribution in [0.1, 0.15) is 18.6 Å². The quantitative estimate of drug-likeness (QED) is 0.642. The molecule has 0 saturated heterocycles. The van der Waals surface area contributed by atoms with Gasteiger partial charge in [-0.2, -0.15) is 0 Å². The highest BCUT2D eigenvalue weighted by molar-refractivity contribution is 7.98. The van der Waals surface area contributed by atoms with Crippen LogP contribution >= 0.6 is 11.8 Å². The van der Waals surface area contributed by atoms with Crippen molar-refractivity contribution in [1.82, 2.24) is 25.0 Å². The number of nitrogens with zero attached hydrogens (tertiary/aromatic N) is 5. The number of hydrogen-bond donors (Lipinski definition) is 0. The third-order valence-electron chi connectivity index (χ3n) is 3.33. The lowest BCUT2D eigenvalue weighted by Gasteiger charge is -2.02. The molecule has 0 amide bonds. The lowest BCUT2D eigenvalue weighted by atomic mass is 10.2. The third kappa shape index (κ3) is 3.37. The van der Waals surface area contributed by atoms with Crippen LogP contribution in [-0.2, 0) is 12.3 Å². The molecule has 0 aliphatic rings. The van der Waals surface area contributed by atoms with Gasteiger partial charge in [0.15, 0.2) is 5.16 Å². The summed E-state index contributed by atoms with van der Waals surface area (Å²) in [5, 5.41) is 17.3. The van der Waals surface area contributed by atoms with Gasteiger partial charge in [0.1, 0.15) is 11.6 Å². The first-order valence-corrected chi connectivity index (χ1v) is 8.19. The Morgan fingerprint density at radius 1 is 1.22 bits per heavy atom. The largest absolute Gasteiger partial charge is 0.497 e. The summed E-state index contributed by atoms with van der Waals surface area (Å²) in [7, 11) is 1.63. The standard InChI is InChI=1S/C15H17N5O2S/c1-4-20-10(2)16-19-15(20)23-9-13-17-18-14(22-13)11-6-5-7-12(8-11)21-3/h5-8H,4,9H2,1-3H3. The molecule has 0 aliphatic carbocycles. The molecule has 23 heavy (non-hydrogen) atoms. The van der Waals surface area contributed by atoms with Crippen LogP contribution in [0.4, 0.5) is 0 Å². The van der Waals surface area contributed by atoms with Crippen LogP contribution in [0.2, 0.25) is 0 Å². The zero-order valence-corrected chi connectivity index (χ0v) is 14.0. The Morgan fingerprint density at radius 3 is 2.87 bits per heavy atom. The van der Waals surface area contributed by atoms with Crippen molar-refractivity contribution in [3.8, 4) is 17.2 Å². The Bertz CT molecular complexity index is 799. The summed E-state index contributed by atoms with van der Waals surface area (Å²) in [6.45, 7) is 4.84. The molecular formula is C15H17N5O2S. The molecule has 2 heterocycles. The highest BCUT2D eigenvalue weighted by Gasteiger charge is 2.13. The highest BCUT2D eigenvalue weighted by atomic mass is 32.2. The fourth-order valence-corrected chi connectivity index (χ4v) is 3.03. The lowest BCUT2D eigenvalue weighted by molar-refractivity contribution is 0.414. The molecular weight excluding hydrogens is 314 g/mol. The summed E-state index contributed by atoms with van der Waals surface area (Å²) in [5.41, 5.74) is 0.834. The van der Waals surface area contributed by atoms with Crippen molar-refractivity contribution >= 4 is 11.8 Å². The van der Waals surface area contributed by atoms with Gasteiger partial charge in [0.05, 0.1) is 12.9 Å². The maximum absolute atomic E-state index is 5.72. The first-order valence-electron chi connectivity index (χ1n) is 7.20. The molecule has 0 radical (unpaired) electrons. The summed E-state index contributed by atoms with van der Waals surface area (Å²) >= 11 is 1.53. The van der Waals surface area contributed by atoms with Gasteiger partial charge >= 0.3 is 0 Å². The van der Waals surface area contributed by atoms with Crippen LogP contribution in [0.5, 0.6) is 5.75 Å². The Balaban J connectivity index is 1.72. The van der Waals surface area contributed by atoms with Gasteiger partial charge in [0.25, 0.3) is 0 Å². The summed E-state index contributed by atoms with van der Waals surface area (Å²) in [6, 6.07) is 7.53. The van der Waals surface area contributed by atoms with Gasteiger partial charge in [-0.15, -0.1) is 20.4 Å². The highest BCUT2D eigenvalue weighted by Crippen LogP contribution is 2.25. The molecule has 3 aromatic rings. The first kappa shape index (κ1) is 15.5. The fraction of sp³-hybridized carbons (Fsp3) is 0.333. The molecule has 1 aromatic carbocycles. The minimum Gasteiger partial charge on any atom is -0.497 e. The van der Waals surface area contributed by atoms with Crippen LogP contribution in [0.25, 0.3) is 11.5 Å². The number of thioether (sulfide) groups is 1. The number of hydrogen-bond acceptors (Lipinski definition) is 7. The maximum atomic E-state index is 5.72. The van der Waals surface area contributed by atoms with E-state index in [1.165, 1.54) is 11.8 Å². The molecule has 8 heteroatoms. The number of rotatable bonds is 6. The smallest absolute Gasteiger partial charge is 0.247 e. The number of benzene rings is 1. The van der Waals surface area contributed by atoms with Crippen molar-refractivity contribution in [3.63, 3.8) is 0 Å². The number of ether oxygens (including phenoxy) is 1. The van der Waals surface area contributed by atoms with E-state index in [4.69, 9.17) is 9.15 Å². The van der Waals surface area contributed by atoms with Crippen molar-refractivity contribution in [2.45, 2.75) is 31.3 Å². The second-order valence-electron chi connectivity index (χ2n) is 4.80.